The van der Waals surface area contributed by atoms with Crippen LogP contribution in [0, 0.1) is 11.3 Å². The van der Waals surface area contributed by atoms with Crippen LogP contribution in [0.1, 0.15) is 5.56 Å². The van der Waals surface area contributed by atoms with Crippen LogP contribution in [0.5, 0.6) is 17.4 Å². The number of pyridine rings is 1. The van der Waals surface area contributed by atoms with E-state index in [2.05, 4.69) is 4.98 Å². The molecular formula is C13H9ClN2O2. The van der Waals surface area contributed by atoms with Crippen LogP contribution < -0.4 is 9.47 Å². The third-order valence-corrected chi connectivity index (χ3v) is 2.43. The third kappa shape index (κ3) is 2.70. The van der Waals surface area contributed by atoms with Gasteiger partial charge in [-0.25, -0.2) is 4.98 Å². The quantitative estimate of drug-likeness (QED) is 0.849. The Balaban J connectivity index is 2.29. The van der Waals surface area contributed by atoms with Crippen LogP contribution in [0.15, 0.2) is 36.5 Å². The molecule has 1 aromatic heterocycles. The Bertz CT molecular complexity index is 591. The van der Waals surface area contributed by atoms with E-state index in [1.165, 1.54) is 13.3 Å². The third-order valence-electron chi connectivity index (χ3n) is 2.21. The van der Waals surface area contributed by atoms with Gasteiger partial charge in [0.25, 0.3) is 0 Å². The number of rotatable bonds is 3. The van der Waals surface area contributed by atoms with Gasteiger partial charge in [0.2, 0.25) is 5.88 Å². The van der Waals surface area contributed by atoms with E-state index in [1.54, 1.807) is 30.3 Å². The van der Waals surface area contributed by atoms with Gasteiger partial charge in [-0.05, 0) is 18.2 Å². The van der Waals surface area contributed by atoms with Gasteiger partial charge in [-0.3, -0.25) is 0 Å². The normalized spacial score (nSPS) is 9.61. The molecule has 2 rings (SSSR count). The fourth-order valence-electron chi connectivity index (χ4n) is 1.36. The standard InChI is InChI=1S/C13H9ClN2O2/c1-17-12-6-9(7-15)2-4-11(12)18-13-5-3-10(14)8-16-13/h2-6,8H,1H3. The monoisotopic (exact) mass is 260 g/mol. The molecule has 0 spiro atoms. The van der Waals surface area contributed by atoms with Crippen LogP contribution in [0.3, 0.4) is 0 Å². The molecule has 0 bridgehead atoms. The number of hydrogen-bond donors (Lipinski definition) is 0. The molecule has 1 aromatic carbocycles. The molecule has 4 nitrogen and oxygen atoms in total. The van der Waals surface area contributed by atoms with Crippen molar-refractivity contribution in [3.05, 3.63) is 47.1 Å². The van der Waals surface area contributed by atoms with Gasteiger partial charge < -0.3 is 9.47 Å². The lowest BCUT2D eigenvalue weighted by Gasteiger charge is -2.09. The van der Waals surface area contributed by atoms with Crippen LogP contribution in [-0.4, -0.2) is 12.1 Å². The molecule has 0 aliphatic rings. The number of nitriles is 1. The smallest absolute Gasteiger partial charge is 0.219 e. The molecule has 5 heteroatoms. The first-order valence-electron chi connectivity index (χ1n) is 5.10. The summed E-state index contributed by atoms with van der Waals surface area (Å²) in [7, 11) is 1.51. The predicted octanol–water partition coefficient (Wildman–Crippen LogP) is 3.41. The second kappa shape index (κ2) is 5.39. The molecule has 0 aliphatic carbocycles. The lowest BCUT2D eigenvalue weighted by atomic mass is 10.2. The van der Waals surface area contributed by atoms with E-state index in [0.717, 1.165) is 0 Å². The summed E-state index contributed by atoms with van der Waals surface area (Å²) in [5, 5.41) is 9.33. The number of aromatic nitrogens is 1. The molecule has 0 saturated carbocycles. The van der Waals surface area contributed by atoms with Crippen LogP contribution in [0.4, 0.5) is 0 Å². The SMILES string of the molecule is COc1cc(C#N)ccc1Oc1ccc(Cl)cn1. The van der Waals surface area contributed by atoms with Crippen molar-refractivity contribution in [2.45, 2.75) is 0 Å². The molecule has 0 aliphatic heterocycles. The highest BCUT2D eigenvalue weighted by Gasteiger charge is 2.07. The van der Waals surface area contributed by atoms with E-state index < -0.39 is 0 Å². The summed E-state index contributed by atoms with van der Waals surface area (Å²) in [6.07, 6.45) is 1.49. The van der Waals surface area contributed by atoms with E-state index in [-0.39, 0.29) is 0 Å². The first-order valence-corrected chi connectivity index (χ1v) is 5.48. The average molecular weight is 261 g/mol. The molecule has 2 aromatic rings. The minimum atomic E-state index is 0.405. The number of benzene rings is 1. The topological polar surface area (TPSA) is 55.1 Å². The summed E-state index contributed by atoms with van der Waals surface area (Å²) in [6, 6.07) is 10.3. The van der Waals surface area contributed by atoms with Gasteiger partial charge in [-0.1, -0.05) is 11.6 Å². The van der Waals surface area contributed by atoms with E-state index in [0.29, 0.717) is 28.0 Å². The van der Waals surface area contributed by atoms with Crippen molar-refractivity contribution < 1.29 is 9.47 Å². The highest BCUT2D eigenvalue weighted by Crippen LogP contribution is 2.31. The summed E-state index contributed by atoms with van der Waals surface area (Å²) >= 11 is 5.73. The maximum absolute atomic E-state index is 8.80. The number of methoxy groups -OCH3 is 1. The van der Waals surface area contributed by atoms with Gasteiger partial charge >= 0.3 is 0 Å². The van der Waals surface area contributed by atoms with Gasteiger partial charge in [0.1, 0.15) is 0 Å². The number of hydrogen-bond acceptors (Lipinski definition) is 4. The number of ether oxygens (including phenoxy) is 2. The summed E-state index contributed by atoms with van der Waals surface area (Å²) in [6.45, 7) is 0. The van der Waals surface area contributed by atoms with Crippen LogP contribution in [0.2, 0.25) is 5.02 Å². The second-order valence-corrected chi connectivity index (χ2v) is 3.83. The van der Waals surface area contributed by atoms with Crippen molar-refractivity contribution >= 4 is 11.6 Å². The van der Waals surface area contributed by atoms with E-state index in [9.17, 15) is 0 Å². The highest BCUT2D eigenvalue weighted by atomic mass is 35.5. The molecule has 0 N–H and O–H groups in total. The minimum Gasteiger partial charge on any atom is -0.493 e. The minimum absolute atomic E-state index is 0.405. The molecular weight excluding hydrogens is 252 g/mol. The Morgan fingerprint density at radius 3 is 2.67 bits per heavy atom. The molecule has 0 atom stereocenters. The fourth-order valence-corrected chi connectivity index (χ4v) is 1.47. The molecule has 0 amide bonds. The van der Waals surface area contributed by atoms with Crippen molar-refractivity contribution in [1.82, 2.24) is 4.98 Å². The van der Waals surface area contributed by atoms with Crippen LogP contribution >= 0.6 is 11.6 Å². The Morgan fingerprint density at radius 1 is 1.22 bits per heavy atom. The zero-order chi connectivity index (χ0) is 13.0. The Kier molecular flexibility index (Phi) is 3.66. The Morgan fingerprint density at radius 2 is 2.06 bits per heavy atom. The van der Waals surface area contributed by atoms with E-state index >= 15 is 0 Å². The van der Waals surface area contributed by atoms with Crippen molar-refractivity contribution in [3.63, 3.8) is 0 Å². The van der Waals surface area contributed by atoms with Gasteiger partial charge in [0.05, 0.1) is 23.8 Å². The molecule has 0 fully saturated rings. The van der Waals surface area contributed by atoms with Gasteiger partial charge in [0, 0.05) is 18.3 Å². The summed E-state index contributed by atoms with van der Waals surface area (Å²) in [5.41, 5.74) is 0.503. The highest BCUT2D eigenvalue weighted by molar-refractivity contribution is 6.30. The molecule has 18 heavy (non-hydrogen) atoms. The Hall–Kier alpha value is -2.25. The van der Waals surface area contributed by atoms with Crippen molar-refractivity contribution in [2.75, 3.05) is 7.11 Å². The fraction of sp³-hybridized carbons (Fsp3) is 0.0769. The summed E-state index contributed by atoms with van der Waals surface area (Å²) < 4.78 is 10.7. The van der Waals surface area contributed by atoms with Crippen LogP contribution in [-0.2, 0) is 0 Å². The van der Waals surface area contributed by atoms with E-state index in [1.807, 2.05) is 6.07 Å². The van der Waals surface area contributed by atoms with Crippen molar-refractivity contribution in [3.8, 4) is 23.4 Å². The lowest BCUT2D eigenvalue weighted by Crippen LogP contribution is -1.92. The zero-order valence-corrected chi connectivity index (χ0v) is 10.3. The average Bonchev–Trinajstić information content (AvgIpc) is 2.41. The summed E-state index contributed by atoms with van der Waals surface area (Å²) in [4.78, 5) is 4.02. The largest absolute Gasteiger partial charge is 0.493 e. The van der Waals surface area contributed by atoms with Gasteiger partial charge in [-0.15, -0.1) is 0 Å². The lowest BCUT2D eigenvalue weighted by molar-refractivity contribution is 0.374. The number of halogens is 1. The van der Waals surface area contributed by atoms with Crippen molar-refractivity contribution in [2.24, 2.45) is 0 Å². The molecule has 90 valence electrons. The van der Waals surface area contributed by atoms with Gasteiger partial charge in [-0.2, -0.15) is 5.26 Å². The van der Waals surface area contributed by atoms with Crippen LogP contribution in [0.25, 0.3) is 0 Å². The van der Waals surface area contributed by atoms with E-state index in [4.69, 9.17) is 26.3 Å². The molecule has 0 saturated heterocycles. The maximum Gasteiger partial charge on any atom is 0.219 e. The molecule has 0 unspecified atom stereocenters. The number of nitrogens with zero attached hydrogens (tertiary/aromatic N) is 2. The maximum atomic E-state index is 8.80. The zero-order valence-electron chi connectivity index (χ0n) is 9.55. The molecule has 0 radical (unpaired) electrons. The van der Waals surface area contributed by atoms with Crippen molar-refractivity contribution in [1.29, 1.82) is 5.26 Å². The van der Waals surface area contributed by atoms with Gasteiger partial charge in [0.15, 0.2) is 11.5 Å². The molecule has 1 heterocycles. The predicted molar refractivity (Wildman–Crippen MR) is 67.0 cm³/mol. The first kappa shape index (κ1) is 12.2. The first-order chi connectivity index (χ1) is 8.72. The summed E-state index contributed by atoms with van der Waals surface area (Å²) in [5.74, 6) is 1.37. The second-order valence-electron chi connectivity index (χ2n) is 3.39. The Labute approximate surface area is 109 Å².